The van der Waals surface area contributed by atoms with Crippen LogP contribution in [0.5, 0.6) is 0 Å². The SMILES string of the molecule is CC(C)CCCC(C=O)(C=O)C1CCCC1. The van der Waals surface area contributed by atoms with Crippen LogP contribution in [-0.4, -0.2) is 12.6 Å². The fourth-order valence-electron chi connectivity index (χ4n) is 2.82. The van der Waals surface area contributed by atoms with E-state index in [1.54, 1.807) is 0 Å². The molecule has 0 saturated heterocycles. The first kappa shape index (κ1) is 13.4. The lowest BCUT2D eigenvalue weighted by Crippen LogP contribution is -2.32. The highest BCUT2D eigenvalue weighted by atomic mass is 16.1. The van der Waals surface area contributed by atoms with Crippen LogP contribution in [0.3, 0.4) is 0 Å². The Morgan fingerprint density at radius 2 is 1.75 bits per heavy atom. The van der Waals surface area contributed by atoms with E-state index in [4.69, 9.17) is 0 Å². The highest BCUT2D eigenvalue weighted by Crippen LogP contribution is 2.40. The second kappa shape index (κ2) is 6.17. The Labute approximate surface area is 98.8 Å². The van der Waals surface area contributed by atoms with Crippen molar-refractivity contribution >= 4 is 12.6 Å². The van der Waals surface area contributed by atoms with Crippen molar-refractivity contribution in [2.24, 2.45) is 17.3 Å². The predicted octanol–water partition coefficient (Wildman–Crippen LogP) is 3.39. The molecular weight excluding hydrogens is 200 g/mol. The van der Waals surface area contributed by atoms with Crippen molar-refractivity contribution in [2.45, 2.75) is 58.8 Å². The van der Waals surface area contributed by atoms with E-state index in [-0.39, 0.29) is 0 Å². The molecule has 0 aliphatic heterocycles. The zero-order valence-electron chi connectivity index (χ0n) is 10.6. The first-order chi connectivity index (χ1) is 7.64. The van der Waals surface area contributed by atoms with Gasteiger partial charge in [-0.25, -0.2) is 0 Å². The van der Waals surface area contributed by atoms with Crippen molar-refractivity contribution < 1.29 is 9.59 Å². The molecule has 0 aromatic carbocycles. The molecule has 0 atom stereocenters. The van der Waals surface area contributed by atoms with Crippen LogP contribution in [0.15, 0.2) is 0 Å². The average Bonchev–Trinajstić information content (AvgIpc) is 2.78. The monoisotopic (exact) mass is 224 g/mol. The standard InChI is InChI=1S/C14H24O2/c1-12(2)6-5-9-14(10-15,11-16)13-7-3-4-8-13/h10-13H,3-9H2,1-2H3. The van der Waals surface area contributed by atoms with Gasteiger partial charge in [-0.05, 0) is 31.1 Å². The summed E-state index contributed by atoms with van der Waals surface area (Å²) in [6.45, 7) is 4.36. The van der Waals surface area contributed by atoms with Crippen LogP contribution in [0.1, 0.15) is 58.8 Å². The van der Waals surface area contributed by atoms with Crippen molar-refractivity contribution in [3.8, 4) is 0 Å². The van der Waals surface area contributed by atoms with E-state index in [1.807, 2.05) is 0 Å². The molecule has 0 N–H and O–H groups in total. The number of hydrogen-bond donors (Lipinski definition) is 0. The van der Waals surface area contributed by atoms with Gasteiger partial charge in [-0.3, -0.25) is 0 Å². The van der Waals surface area contributed by atoms with Gasteiger partial charge in [0, 0.05) is 0 Å². The van der Waals surface area contributed by atoms with E-state index in [2.05, 4.69) is 13.8 Å². The van der Waals surface area contributed by atoms with Gasteiger partial charge in [0.2, 0.25) is 0 Å². The third kappa shape index (κ3) is 3.16. The summed E-state index contributed by atoms with van der Waals surface area (Å²) in [6, 6.07) is 0. The summed E-state index contributed by atoms with van der Waals surface area (Å²) in [7, 11) is 0. The van der Waals surface area contributed by atoms with Crippen molar-refractivity contribution in [1.82, 2.24) is 0 Å². The van der Waals surface area contributed by atoms with Crippen molar-refractivity contribution in [3.63, 3.8) is 0 Å². The Hall–Kier alpha value is -0.660. The topological polar surface area (TPSA) is 34.1 Å². The molecular formula is C14H24O2. The van der Waals surface area contributed by atoms with Crippen LogP contribution in [0, 0.1) is 17.3 Å². The van der Waals surface area contributed by atoms with E-state index >= 15 is 0 Å². The normalized spacial score (nSPS) is 17.9. The van der Waals surface area contributed by atoms with Crippen LogP contribution in [0.2, 0.25) is 0 Å². The minimum Gasteiger partial charge on any atom is -0.302 e. The van der Waals surface area contributed by atoms with Gasteiger partial charge in [-0.1, -0.05) is 39.5 Å². The van der Waals surface area contributed by atoms with Gasteiger partial charge in [-0.2, -0.15) is 0 Å². The number of carbonyl (C=O) groups excluding carboxylic acids is 2. The molecule has 0 aromatic heterocycles. The largest absolute Gasteiger partial charge is 0.302 e. The van der Waals surface area contributed by atoms with E-state index in [0.29, 0.717) is 11.8 Å². The van der Waals surface area contributed by atoms with Crippen molar-refractivity contribution in [3.05, 3.63) is 0 Å². The summed E-state index contributed by atoms with van der Waals surface area (Å²) >= 11 is 0. The summed E-state index contributed by atoms with van der Waals surface area (Å²) in [5.41, 5.74) is -0.661. The minimum atomic E-state index is -0.661. The Balaban J connectivity index is 2.56. The maximum Gasteiger partial charge on any atom is 0.133 e. The van der Waals surface area contributed by atoms with Crippen LogP contribution in [-0.2, 0) is 9.59 Å². The van der Waals surface area contributed by atoms with Crippen molar-refractivity contribution in [2.75, 3.05) is 0 Å². The van der Waals surface area contributed by atoms with Crippen LogP contribution in [0.25, 0.3) is 0 Å². The molecule has 0 unspecified atom stereocenters. The third-order valence-corrected chi connectivity index (χ3v) is 3.95. The smallest absolute Gasteiger partial charge is 0.133 e. The Kier molecular flexibility index (Phi) is 5.17. The molecule has 2 nitrogen and oxygen atoms in total. The van der Waals surface area contributed by atoms with E-state index in [0.717, 1.165) is 44.7 Å². The number of hydrogen-bond acceptors (Lipinski definition) is 2. The number of carbonyl (C=O) groups is 2. The van der Waals surface area contributed by atoms with Crippen LogP contribution < -0.4 is 0 Å². The zero-order valence-corrected chi connectivity index (χ0v) is 10.6. The molecule has 0 spiro atoms. The zero-order chi connectivity index (χ0) is 12.0. The summed E-state index contributed by atoms with van der Waals surface area (Å²) in [5.74, 6) is 0.967. The summed E-state index contributed by atoms with van der Waals surface area (Å²) in [4.78, 5) is 22.6. The summed E-state index contributed by atoms with van der Waals surface area (Å²) in [5, 5.41) is 0. The molecule has 0 amide bonds. The minimum absolute atomic E-state index is 0.315. The third-order valence-electron chi connectivity index (χ3n) is 3.95. The Morgan fingerprint density at radius 1 is 1.19 bits per heavy atom. The predicted molar refractivity (Wildman–Crippen MR) is 65.2 cm³/mol. The van der Waals surface area contributed by atoms with Gasteiger partial charge in [0.25, 0.3) is 0 Å². The first-order valence-corrected chi connectivity index (χ1v) is 6.57. The molecule has 0 bridgehead atoms. The maximum absolute atomic E-state index is 11.3. The Morgan fingerprint density at radius 3 is 2.19 bits per heavy atom. The van der Waals surface area contributed by atoms with E-state index in [1.165, 1.54) is 12.8 Å². The molecule has 16 heavy (non-hydrogen) atoms. The number of rotatable bonds is 7. The van der Waals surface area contributed by atoms with Crippen molar-refractivity contribution in [1.29, 1.82) is 0 Å². The molecule has 2 heteroatoms. The molecule has 1 saturated carbocycles. The van der Waals surface area contributed by atoms with Gasteiger partial charge in [0.05, 0.1) is 5.41 Å². The molecule has 1 aliphatic carbocycles. The fraction of sp³-hybridized carbons (Fsp3) is 0.857. The molecule has 1 rings (SSSR count). The summed E-state index contributed by atoms with van der Waals surface area (Å²) < 4.78 is 0. The molecule has 0 radical (unpaired) electrons. The van der Waals surface area contributed by atoms with Gasteiger partial charge in [-0.15, -0.1) is 0 Å². The van der Waals surface area contributed by atoms with Gasteiger partial charge in [0.1, 0.15) is 12.6 Å². The van der Waals surface area contributed by atoms with Crippen LogP contribution >= 0.6 is 0 Å². The lowest BCUT2D eigenvalue weighted by molar-refractivity contribution is -0.130. The van der Waals surface area contributed by atoms with Gasteiger partial charge >= 0.3 is 0 Å². The molecule has 1 aliphatic rings. The lowest BCUT2D eigenvalue weighted by Gasteiger charge is -2.28. The molecule has 0 aromatic rings. The average molecular weight is 224 g/mol. The Bertz CT molecular complexity index is 219. The highest BCUT2D eigenvalue weighted by Gasteiger charge is 2.39. The van der Waals surface area contributed by atoms with Crippen LogP contribution in [0.4, 0.5) is 0 Å². The molecule has 1 fully saturated rings. The molecule has 92 valence electrons. The second-order valence-electron chi connectivity index (χ2n) is 5.62. The first-order valence-electron chi connectivity index (χ1n) is 6.57. The van der Waals surface area contributed by atoms with E-state index in [9.17, 15) is 9.59 Å². The van der Waals surface area contributed by atoms with E-state index < -0.39 is 5.41 Å². The fourth-order valence-corrected chi connectivity index (χ4v) is 2.82. The lowest BCUT2D eigenvalue weighted by atomic mass is 9.73. The summed E-state index contributed by atoms with van der Waals surface area (Å²) in [6.07, 6.45) is 9.17. The van der Waals surface area contributed by atoms with Gasteiger partial charge in [0.15, 0.2) is 0 Å². The van der Waals surface area contributed by atoms with Gasteiger partial charge < -0.3 is 9.59 Å². The quantitative estimate of drug-likeness (QED) is 0.490. The molecule has 0 heterocycles. The highest BCUT2D eigenvalue weighted by molar-refractivity contribution is 5.84. The maximum atomic E-state index is 11.3. The second-order valence-corrected chi connectivity index (χ2v) is 5.62. The number of aldehydes is 2.